The number of benzene rings is 2. The number of hydrogen-bond donors (Lipinski definition) is 2. The molecule has 0 saturated heterocycles. The molecular formula is C19H22ClN3O2. The lowest BCUT2D eigenvalue weighted by molar-refractivity contribution is -0.119. The second kappa shape index (κ2) is 9.20. The van der Waals surface area contributed by atoms with E-state index in [4.69, 9.17) is 11.6 Å². The average molecular weight is 360 g/mol. The molecule has 0 aliphatic carbocycles. The molecule has 0 radical (unpaired) electrons. The van der Waals surface area contributed by atoms with Gasteiger partial charge in [0.15, 0.2) is 0 Å². The topological polar surface area (TPSA) is 61.4 Å². The molecule has 132 valence electrons. The molecule has 0 fully saturated rings. The summed E-state index contributed by atoms with van der Waals surface area (Å²) in [5.41, 5.74) is 2.48. The van der Waals surface area contributed by atoms with E-state index in [9.17, 15) is 9.59 Å². The van der Waals surface area contributed by atoms with Crippen LogP contribution in [0.25, 0.3) is 0 Å². The Morgan fingerprint density at radius 1 is 1.00 bits per heavy atom. The van der Waals surface area contributed by atoms with E-state index >= 15 is 0 Å². The van der Waals surface area contributed by atoms with E-state index in [1.165, 1.54) is 0 Å². The van der Waals surface area contributed by atoms with Crippen molar-refractivity contribution in [1.29, 1.82) is 0 Å². The molecule has 2 rings (SSSR count). The van der Waals surface area contributed by atoms with Crippen LogP contribution < -0.4 is 10.6 Å². The molecule has 5 nitrogen and oxygen atoms in total. The summed E-state index contributed by atoms with van der Waals surface area (Å²) in [5.74, 6) is -0.391. The number of amides is 2. The summed E-state index contributed by atoms with van der Waals surface area (Å²) in [7, 11) is 1.72. The molecule has 25 heavy (non-hydrogen) atoms. The number of carbonyl (C=O) groups excluding carboxylic acids is 2. The van der Waals surface area contributed by atoms with Crippen LogP contribution >= 0.6 is 11.6 Å². The van der Waals surface area contributed by atoms with Crippen molar-refractivity contribution in [3.8, 4) is 0 Å². The Labute approximate surface area is 153 Å². The summed E-state index contributed by atoms with van der Waals surface area (Å²) in [6.07, 6.45) is 0.909. The van der Waals surface area contributed by atoms with Gasteiger partial charge < -0.3 is 10.6 Å². The maximum atomic E-state index is 12.1. The summed E-state index contributed by atoms with van der Waals surface area (Å²) < 4.78 is 0. The number of aryl methyl sites for hydroxylation is 1. The third-order valence-electron chi connectivity index (χ3n) is 3.59. The molecule has 2 aromatic rings. The fourth-order valence-corrected chi connectivity index (χ4v) is 2.55. The quantitative estimate of drug-likeness (QED) is 0.796. The second-order valence-corrected chi connectivity index (χ2v) is 6.21. The normalized spacial score (nSPS) is 10.6. The molecule has 2 N–H and O–H groups in total. The Morgan fingerprint density at radius 2 is 1.68 bits per heavy atom. The number of nitrogens with zero attached hydrogens (tertiary/aromatic N) is 1. The molecule has 0 atom stereocenters. The highest BCUT2D eigenvalue weighted by Crippen LogP contribution is 2.20. The van der Waals surface area contributed by atoms with Gasteiger partial charge in [-0.3, -0.25) is 14.5 Å². The number of anilines is 2. The Hall–Kier alpha value is -2.37. The first kappa shape index (κ1) is 19.0. The van der Waals surface area contributed by atoms with Gasteiger partial charge in [0.05, 0.1) is 23.8 Å². The van der Waals surface area contributed by atoms with E-state index in [-0.39, 0.29) is 24.9 Å². The minimum atomic E-state index is -0.226. The third kappa shape index (κ3) is 6.21. The summed E-state index contributed by atoms with van der Waals surface area (Å²) in [4.78, 5) is 25.8. The fourth-order valence-electron chi connectivity index (χ4n) is 2.37. The van der Waals surface area contributed by atoms with Crippen molar-refractivity contribution in [3.05, 3.63) is 59.1 Å². The zero-order chi connectivity index (χ0) is 18.2. The standard InChI is InChI=1S/C19H22ClN3O2/c1-3-14-7-6-8-15(11-14)21-18(24)12-23(2)13-19(25)22-17-10-5-4-9-16(17)20/h4-11H,3,12-13H2,1-2H3,(H,21,24)(H,22,25). The molecule has 0 unspecified atom stereocenters. The van der Waals surface area contributed by atoms with Crippen LogP contribution in [0.2, 0.25) is 5.02 Å². The number of hydrogen-bond acceptors (Lipinski definition) is 3. The number of carbonyl (C=O) groups is 2. The highest BCUT2D eigenvalue weighted by Gasteiger charge is 2.12. The fraction of sp³-hybridized carbons (Fsp3) is 0.263. The maximum absolute atomic E-state index is 12.1. The van der Waals surface area contributed by atoms with Crippen molar-refractivity contribution in [2.45, 2.75) is 13.3 Å². The lowest BCUT2D eigenvalue weighted by Crippen LogP contribution is -2.36. The first-order valence-electron chi connectivity index (χ1n) is 8.09. The van der Waals surface area contributed by atoms with E-state index in [1.807, 2.05) is 24.3 Å². The lowest BCUT2D eigenvalue weighted by Gasteiger charge is -2.16. The van der Waals surface area contributed by atoms with Crippen LogP contribution in [0.5, 0.6) is 0 Å². The van der Waals surface area contributed by atoms with E-state index in [2.05, 4.69) is 17.6 Å². The monoisotopic (exact) mass is 359 g/mol. The van der Waals surface area contributed by atoms with Gasteiger partial charge in [0.2, 0.25) is 11.8 Å². The molecule has 2 amide bonds. The van der Waals surface area contributed by atoms with Crippen LogP contribution in [-0.2, 0) is 16.0 Å². The summed E-state index contributed by atoms with van der Waals surface area (Å²) in [6, 6.07) is 14.7. The first-order valence-corrected chi connectivity index (χ1v) is 8.47. The van der Waals surface area contributed by atoms with Gasteiger partial charge in [-0.15, -0.1) is 0 Å². The van der Waals surface area contributed by atoms with Gasteiger partial charge in [0.1, 0.15) is 0 Å². The first-order chi connectivity index (χ1) is 12.0. The molecular weight excluding hydrogens is 338 g/mol. The van der Waals surface area contributed by atoms with Crippen LogP contribution in [0, 0.1) is 0 Å². The molecule has 0 aliphatic heterocycles. The van der Waals surface area contributed by atoms with Gasteiger partial charge >= 0.3 is 0 Å². The van der Waals surface area contributed by atoms with Crippen molar-refractivity contribution in [3.63, 3.8) is 0 Å². The maximum Gasteiger partial charge on any atom is 0.238 e. The number of likely N-dealkylation sites (N-methyl/N-ethyl adjacent to an activating group) is 1. The van der Waals surface area contributed by atoms with Gasteiger partial charge in [0, 0.05) is 5.69 Å². The SMILES string of the molecule is CCc1cccc(NC(=O)CN(C)CC(=O)Nc2ccccc2Cl)c1. The number of halogens is 1. The van der Waals surface area contributed by atoms with Gasteiger partial charge in [-0.25, -0.2) is 0 Å². The average Bonchev–Trinajstić information content (AvgIpc) is 2.56. The van der Waals surface area contributed by atoms with E-state index in [1.54, 1.807) is 36.2 Å². The molecule has 0 spiro atoms. The highest BCUT2D eigenvalue weighted by atomic mass is 35.5. The third-order valence-corrected chi connectivity index (χ3v) is 3.92. The van der Waals surface area contributed by atoms with Gasteiger partial charge in [0.25, 0.3) is 0 Å². The van der Waals surface area contributed by atoms with Crippen LogP contribution in [0.15, 0.2) is 48.5 Å². The predicted octanol–water partition coefficient (Wildman–Crippen LogP) is 3.41. The summed E-state index contributed by atoms with van der Waals surface area (Å²) in [5, 5.41) is 6.06. The van der Waals surface area contributed by atoms with Crippen molar-refractivity contribution in [1.82, 2.24) is 4.90 Å². The minimum absolute atomic E-state index is 0.0909. The Kier molecular flexibility index (Phi) is 6.98. The Bertz CT molecular complexity index is 749. The van der Waals surface area contributed by atoms with Crippen LogP contribution in [0.4, 0.5) is 11.4 Å². The molecule has 2 aromatic carbocycles. The van der Waals surface area contributed by atoms with E-state index < -0.39 is 0 Å². The Morgan fingerprint density at radius 3 is 2.36 bits per heavy atom. The smallest absolute Gasteiger partial charge is 0.238 e. The number of nitrogens with one attached hydrogen (secondary N) is 2. The number of rotatable bonds is 7. The molecule has 0 saturated carbocycles. The zero-order valence-electron chi connectivity index (χ0n) is 14.4. The van der Waals surface area contributed by atoms with Crippen LogP contribution in [0.3, 0.4) is 0 Å². The lowest BCUT2D eigenvalue weighted by atomic mass is 10.1. The zero-order valence-corrected chi connectivity index (χ0v) is 15.1. The molecule has 0 bridgehead atoms. The summed E-state index contributed by atoms with van der Waals surface area (Å²) in [6.45, 7) is 2.27. The van der Waals surface area contributed by atoms with Gasteiger partial charge in [-0.1, -0.05) is 42.8 Å². The van der Waals surface area contributed by atoms with Gasteiger partial charge in [-0.2, -0.15) is 0 Å². The molecule has 0 aromatic heterocycles. The number of para-hydroxylation sites is 1. The second-order valence-electron chi connectivity index (χ2n) is 5.80. The van der Waals surface area contributed by atoms with Crippen LogP contribution in [-0.4, -0.2) is 36.9 Å². The van der Waals surface area contributed by atoms with Crippen molar-refractivity contribution >= 4 is 34.8 Å². The van der Waals surface area contributed by atoms with E-state index in [0.717, 1.165) is 17.7 Å². The van der Waals surface area contributed by atoms with E-state index in [0.29, 0.717) is 10.7 Å². The van der Waals surface area contributed by atoms with Crippen molar-refractivity contribution < 1.29 is 9.59 Å². The highest BCUT2D eigenvalue weighted by molar-refractivity contribution is 6.33. The molecule has 6 heteroatoms. The minimum Gasteiger partial charge on any atom is -0.325 e. The summed E-state index contributed by atoms with van der Waals surface area (Å²) >= 11 is 6.01. The largest absolute Gasteiger partial charge is 0.325 e. The van der Waals surface area contributed by atoms with Crippen molar-refractivity contribution in [2.24, 2.45) is 0 Å². The molecule has 0 aliphatic rings. The predicted molar refractivity (Wildman–Crippen MR) is 102 cm³/mol. The molecule has 0 heterocycles. The van der Waals surface area contributed by atoms with Gasteiger partial charge in [-0.05, 0) is 43.3 Å². The van der Waals surface area contributed by atoms with Crippen molar-refractivity contribution in [2.75, 3.05) is 30.8 Å². The Balaban J connectivity index is 1.82. The van der Waals surface area contributed by atoms with Crippen LogP contribution in [0.1, 0.15) is 12.5 Å².